The molecule has 3 heterocycles. The third-order valence-electron chi connectivity index (χ3n) is 7.34. The molecule has 0 aromatic rings. The normalized spacial score (nSPS) is 41.1. The Kier molecular flexibility index (Phi) is 8.45. The minimum Gasteiger partial charge on any atom is -0.505 e. The molecule has 0 aliphatic carbocycles. The van der Waals surface area contributed by atoms with E-state index in [0.717, 1.165) is 5.57 Å². The Morgan fingerprint density at radius 3 is 2.53 bits per heavy atom. The Labute approximate surface area is 201 Å². The van der Waals surface area contributed by atoms with Crippen LogP contribution in [0.4, 0.5) is 0 Å². The van der Waals surface area contributed by atoms with Crippen molar-refractivity contribution in [3.8, 4) is 0 Å². The van der Waals surface area contributed by atoms with Crippen molar-refractivity contribution in [2.45, 2.75) is 82.8 Å². The molecule has 3 aliphatic heterocycles. The van der Waals surface area contributed by atoms with Crippen molar-refractivity contribution in [2.24, 2.45) is 11.3 Å². The summed E-state index contributed by atoms with van der Waals surface area (Å²) in [6, 6.07) is 0. The lowest BCUT2D eigenvalue weighted by molar-refractivity contribution is -0.324. The molecule has 194 valence electrons. The van der Waals surface area contributed by atoms with E-state index in [1.165, 1.54) is 7.11 Å². The van der Waals surface area contributed by atoms with Gasteiger partial charge in [0.1, 0.15) is 19.0 Å². The zero-order chi connectivity index (χ0) is 25.3. The van der Waals surface area contributed by atoms with Crippen LogP contribution in [0.5, 0.6) is 0 Å². The second-order valence-electron chi connectivity index (χ2n) is 9.77. The van der Waals surface area contributed by atoms with Gasteiger partial charge in [0.25, 0.3) is 5.91 Å². The van der Waals surface area contributed by atoms with Crippen molar-refractivity contribution in [3.63, 3.8) is 0 Å². The van der Waals surface area contributed by atoms with Gasteiger partial charge in [0.15, 0.2) is 12.3 Å². The van der Waals surface area contributed by atoms with Crippen LogP contribution in [0.2, 0.25) is 0 Å². The van der Waals surface area contributed by atoms with E-state index in [4.69, 9.17) is 33.2 Å². The quantitative estimate of drug-likeness (QED) is 0.409. The van der Waals surface area contributed by atoms with E-state index < -0.39 is 47.8 Å². The Bertz CT molecular complexity index is 772. The predicted octanol–water partition coefficient (Wildman–Crippen LogP) is 1.48. The first-order valence-corrected chi connectivity index (χ1v) is 11.5. The van der Waals surface area contributed by atoms with Crippen molar-refractivity contribution >= 4 is 5.91 Å². The van der Waals surface area contributed by atoms with Gasteiger partial charge < -0.3 is 43.6 Å². The number of ether oxygens (including phenoxy) is 7. The van der Waals surface area contributed by atoms with Crippen molar-refractivity contribution < 1.29 is 43.1 Å². The molecule has 10 nitrogen and oxygen atoms in total. The minimum absolute atomic E-state index is 0.0696. The highest BCUT2D eigenvalue weighted by atomic mass is 16.7. The number of nitrogens with one attached hydrogen (secondary N) is 1. The second kappa shape index (κ2) is 10.6. The second-order valence-corrected chi connectivity index (χ2v) is 9.77. The summed E-state index contributed by atoms with van der Waals surface area (Å²) in [6.45, 7) is 11.9. The molecule has 2 N–H and O–H groups in total. The SMILES string of the molecule is C=C1C[C@](OC)([C@H](O)C(=O)N[C@@H]2OCO[C@H]3[C@@H]2O[C@H](/C=C/OC)C(C)(C)[C@@H]3OC)O[C@H](C)[C@@H]1C. The number of hydrogen-bond acceptors (Lipinski definition) is 9. The van der Waals surface area contributed by atoms with Gasteiger partial charge in [-0.25, -0.2) is 0 Å². The Morgan fingerprint density at radius 1 is 1.24 bits per heavy atom. The molecule has 10 heteroatoms. The number of rotatable bonds is 7. The number of hydrogen-bond donors (Lipinski definition) is 2. The zero-order valence-electron chi connectivity index (χ0n) is 21.1. The summed E-state index contributed by atoms with van der Waals surface area (Å²) in [6.07, 6.45) is -1.28. The molecule has 0 bridgehead atoms. The largest absolute Gasteiger partial charge is 0.505 e. The fourth-order valence-electron chi connectivity index (χ4n) is 4.98. The molecular weight excluding hydrogens is 446 g/mol. The van der Waals surface area contributed by atoms with Gasteiger partial charge in [0.2, 0.25) is 5.79 Å². The smallest absolute Gasteiger partial charge is 0.256 e. The van der Waals surface area contributed by atoms with Crippen molar-refractivity contribution in [1.29, 1.82) is 0 Å². The first-order valence-electron chi connectivity index (χ1n) is 11.5. The lowest BCUT2D eigenvalue weighted by atomic mass is 9.74. The number of methoxy groups -OCH3 is 3. The summed E-state index contributed by atoms with van der Waals surface area (Å²) in [5.41, 5.74) is 0.378. The van der Waals surface area contributed by atoms with Gasteiger partial charge in [-0.15, -0.1) is 0 Å². The van der Waals surface area contributed by atoms with Crippen LogP contribution in [0, 0.1) is 11.3 Å². The number of carbonyl (C=O) groups excluding carboxylic acids is 1. The fourth-order valence-corrected chi connectivity index (χ4v) is 4.98. The molecule has 0 saturated carbocycles. The van der Waals surface area contributed by atoms with Gasteiger partial charge in [0, 0.05) is 32.0 Å². The lowest BCUT2D eigenvalue weighted by Gasteiger charge is -2.53. The summed E-state index contributed by atoms with van der Waals surface area (Å²) in [5.74, 6) is -2.19. The van der Waals surface area contributed by atoms with E-state index in [1.54, 1.807) is 26.6 Å². The number of amides is 1. The van der Waals surface area contributed by atoms with Gasteiger partial charge in [-0.1, -0.05) is 32.9 Å². The number of carbonyl (C=O) groups is 1. The summed E-state index contributed by atoms with van der Waals surface area (Å²) in [7, 11) is 4.56. The van der Waals surface area contributed by atoms with Crippen molar-refractivity contribution in [2.75, 3.05) is 28.1 Å². The van der Waals surface area contributed by atoms with E-state index in [9.17, 15) is 9.90 Å². The number of aliphatic hydroxyl groups is 1. The third-order valence-corrected chi connectivity index (χ3v) is 7.34. The molecule has 0 radical (unpaired) electrons. The summed E-state index contributed by atoms with van der Waals surface area (Å²) >= 11 is 0. The summed E-state index contributed by atoms with van der Waals surface area (Å²) in [5, 5.41) is 13.8. The molecule has 3 fully saturated rings. The predicted molar refractivity (Wildman–Crippen MR) is 121 cm³/mol. The van der Waals surface area contributed by atoms with Crippen LogP contribution in [-0.2, 0) is 38.0 Å². The summed E-state index contributed by atoms with van der Waals surface area (Å²) in [4.78, 5) is 13.2. The van der Waals surface area contributed by atoms with Crippen LogP contribution in [0.15, 0.2) is 24.5 Å². The molecular formula is C24H39NO9. The topological polar surface area (TPSA) is 114 Å². The minimum atomic E-state index is -1.63. The molecule has 3 aliphatic rings. The van der Waals surface area contributed by atoms with E-state index >= 15 is 0 Å². The molecule has 3 rings (SSSR count). The molecule has 0 spiro atoms. The first-order chi connectivity index (χ1) is 16.0. The van der Waals surface area contributed by atoms with Crippen LogP contribution in [0.3, 0.4) is 0 Å². The maximum atomic E-state index is 13.2. The van der Waals surface area contributed by atoms with E-state index in [1.807, 2.05) is 27.7 Å². The van der Waals surface area contributed by atoms with Crippen LogP contribution in [0.1, 0.15) is 34.1 Å². The van der Waals surface area contributed by atoms with Gasteiger partial charge in [-0.05, 0) is 13.0 Å². The summed E-state index contributed by atoms with van der Waals surface area (Å²) < 4.78 is 40.2. The third kappa shape index (κ3) is 4.90. The van der Waals surface area contributed by atoms with Crippen LogP contribution >= 0.6 is 0 Å². The molecule has 0 aromatic heterocycles. The molecule has 0 unspecified atom stereocenters. The van der Waals surface area contributed by atoms with Crippen LogP contribution in [0.25, 0.3) is 0 Å². The molecule has 9 atom stereocenters. The van der Waals surface area contributed by atoms with Gasteiger partial charge in [-0.3, -0.25) is 4.79 Å². The van der Waals surface area contributed by atoms with Gasteiger partial charge in [-0.2, -0.15) is 0 Å². The highest BCUT2D eigenvalue weighted by Gasteiger charge is 2.56. The van der Waals surface area contributed by atoms with Gasteiger partial charge in [0.05, 0.1) is 31.7 Å². The molecule has 34 heavy (non-hydrogen) atoms. The molecule has 0 aromatic carbocycles. The lowest BCUT2D eigenvalue weighted by Crippen LogP contribution is -2.69. The zero-order valence-corrected chi connectivity index (χ0v) is 21.1. The maximum Gasteiger partial charge on any atom is 0.256 e. The standard InChI is InChI=1S/C24H39NO9/c1-13-11-24(30-8,34-15(3)14(13)2)19(26)21(27)25-22-18-17(31-12-32-22)20(29-7)23(4,5)16(33-18)9-10-28-6/h9-10,14-20,22,26H,1,11-12H2,2-8H3,(H,25,27)/b10-9+/t14-,15-,16-,17+,18+,19-,20-,22-,24-/m1/s1. The van der Waals surface area contributed by atoms with E-state index in [0.29, 0.717) is 0 Å². The van der Waals surface area contributed by atoms with Crippen LogP contribution < -0.4 is 5.32 Å². The van der Waals surface area contributed by atoms with Crippen LogP contribution in [-0.4, -0.2) is 87.8 Å². The highest BCUT2D eigenvalue weighted by molar-refractivity contribution is 5.82. The number of aliphatic hydroxyl groups excluding tert-OH is 1. The average Bonchev–Trinajstić information content (AvgIpc) is 2.80. The fraction of sp³-hybridized carbons (Fsp3) is 0.792. The molecule has 1 amide bonds. The monoisotopic (exact) mass is 485 g/mol. The van der Waals surface area contributed by atoms with Gasteiger partial charge >= 0.3 is 0 Å². The maximum absolute atomic E-state index is 13.2. The van der Waals surface area contributed by atoms with E-state index in [-0.39, 0.29) is 31.3 Å². The number of fused-ring (bicyclic) bond motifs is 1. The first kappa shape index (κ1) is 27.1. The van der Waals surface area contributed by atoms with Crippen molar-refractivity contribution in [1.82, 2.24) is 5.32 Å². The average molecular weight is 486 g/mol. The molecule has 3 saturated heterocycles. The Balaban J connectivity index is 1.80. The van der Waals surface area contributed by atoms with E-state index in [2.05, 4.69) is 11.9 Å². The van der Waals surface area contributed by atoms with Crippen molar-refractivity contribution in [3.05, 3.63) is 24.5 Å². The Morgan fingerprint density at radius 2 is 1.94 bits per heavy atom. The highest BCUT2D eigenvalue weighted by Crippen LogP contribution is 2.43. The Hall–Kier alpha value is -1.53.